The highest BCUT2D eigenvalue weighted by molar-refractivity contribution is 5.78. The van der Waals surface area contributed by atoms with Crippen molar-refractivity contribution in [3.8, 4) is 0 Å². The Kier molecular flexibility index (Phi) is 3.00. The van der Waals surface area contributed by atoms with Crippen LogP contribution < -0.4 is 5.32 Å². The molecule has 1 aliphatic carbocycles. The lowest BCUT2D eigenvalue weighted by atomic mass is 9.51. The Balaban J connectivity index is 1.66. The Morgan fingerprint density at radius 2 is 2.12 bits per heavy atom. The predicted octanol–water partition coefficient (Wildman–Crippen LogP) is 3.62. The summed E-state index contributed by atoms with van der Waals surface area (Å²) in [7, 11) is 0. The highest BCUT2D eigenvalue weighted by Gasteiger charge is 2.53. The van der Waals surface area contributed by atoms with Gasteiger partial charge in [0.15, 0.2) is 0 Å². The Hall–Kier alpha value is -1.39. The molecule has 1 unspecified atom stereocenters. The molecule has 2 aliphatic heterocycles. The van der Waals surface area contributed by atoms with Gasteiger partial charge in [-0.3, -0.25) is 0 Å². The van der Waals surface area contributed by atoms with E-state index in [-0.39, 0.29) is 16.9 Å². The zero-order chi connectivity index (χ0) is 16.5. The highest BCUT2D eigenvalue weighted by Crippen LogP contribution is 2.54. The quantitative estimate of drug-likeness (QED) is 0.842. The summed E-state index contributed by atoms with van der Waals surface area (Å²) in [6.07, 6.45) is 4.68. The minimum absolute atomic E-state index is 0.155. The van der Waals surface area contributed by atoms with Crippen molar-refractivity contribution in [2.45, 2.75) is 64.0 Å². The van der Waals surface area contributed by atoms with Crippen LogP contribution in [0.3, 0.4) is 0 Å². The molecule has 3 heterocycles. The second-order valence-electron chi connectivity index (χ2n) is 8.66. The van der Waals surface area contributed by atoms with E-state index in [2.05, 4.69) is 43.2 Å². The summed E-state index contributed by atoms with van der Waals surface area (Å²) < 4.78 is 5.81. The minimum Gasteiger partial charge on any atom is -0.370 e. The molecule has 0 saturated carbocycles. The Labute approximate surface area is 143 Å². The van der Waals surface area contributed by atoms with Gasteiger partial charge in [-0.1, -0.05) is 20.8 Å². The summed E-state index contributed by atoms with van der Waals surface area (Å²) in [5.41, 5.74) is 5.76. The molecule has 5 rings (SSSR count). The van der Waals surface area contributed by atoms with Crippen LogP contribution in [0.25, 0.3) is 11.0 Å². The molecule has 1 aromatic carbocycles. The topological polar surface area (TPSA) is 49.9 Å². The number of ether oxygens (including phenoxy) is 1. The van der Waals surface area contributed by atoms with Crippen molar-refractivity contribution in [3.63, 3.8) is 0 Å². The Bertz CT molecular complexity index is 803. The standard InChI is InChI=1S/C20H27N3O/c1-19(2)17-10-12-9-14-15(11-13(12)20(19,3)6-7-21-17)23-18(22-14)16-5-4-8-24-16/h9,11,16-17,21H,4-8,10H2,1-3H3,(H,22,23)/t16?,17-,20-/m0/s1. The molecule has 2 saturated heterocycles. The van der Waals surface area contributed by atoms with E-state index in [1.807, 2.05) is 0 Å². The molecule has 2 fully saturated rings. The molecule has 24 heavy (non-hydrogen) atoms. The molecule has 0 radical (unpaired) electrons. The summed E-state index contributed by atoms with van der Waals surface area (Å²) in [5.74, 6) is 1.01. The van der Waals surface area contributed by atoms with Crippen LogP contribution in [0.1, 0.15) is 63.1 Å². The van der Waals surface area contributed by atoms with Crippen molar-refractivity contribution in [1.82, 2.24) is 15.3 Å². The van der Waals surface area contributed by atoms with Gasteiger partial charge in [-0.15, -0.1) is 0 Å². The summed E-state index contributed by atoms with van der Waals surface area (Å²) >= 11 is 0. The van der Waals surface area contributed by atoms with Crippen molar-refractivity contribution in [1.29, 1.82) is 0 Å². The highest BCUT2D eigenvalue weighted by atomic mass is 16.5. The third-order valence-electron chi connectivity index (χ3n) is 7.29. The fourth-order valence-corrected chi connectivity index (χ4v) is 5.24. The fourth-order valence-electron chi connectivity index (χ4n) is 5.24. The van der Waals surface area contributed by atoms with E-state index in [4.69, 9.17) is 9.72 Å². The van der Waals surface area contributed by atoms with E-state index < -0.39 is 0 Å². The van der Waals surface area contributed by atoms with Gasteiger partial charge in [0.25, 0.3) is 0 Å². The van der Waals surface area contributed by atoms with Crippen LogP contribution in [0.2, 0.25) is 0 Å². The van der Waals surface area contributed by atoms with Crippen LogP contribution in [0.5, 0.6) is 0 Å². The number of nitrogens with one attached hydrogen (secondary N) is 2. The van der Waals surface area contributed by atoms with E-state index in [1.54, 1.807) is 0 Å². The van der Waals surface area contributed by atoms with Crippen molar-refractivity contribution < 1.29 is 4.74 Å². The van der Waals surface area contributed by atoms with Gasteiger partial charge in [-0.25, -0.2) is 4.98 Å². The minimum atomic E-state index is 0.155. The maximum absolute atomic E-state index is 5.81. The van der Waals surface area contributed by atoms with Gasteiger partial charge in [-0.05, 0) is 60.9 Å². The smallest absolute Gasteiger partial charge is 0.136 e. The first-order valence-corrected chi connectivity index (χ1v) is 9.37. The van der Waals surface area contributed by atoms with Crippen molar-refractivity contribution in [2.24, 2.45) is 5.41 Å². The maximum atomic E-state index is 5.81. The lowest BCUT2D eigenvalue weighted by Gasteiger charge is -2.57. The van der Waals surface area contributed by atoms with E-state index in [1.165, 1.54) is 23.1 Å². The molecule has 3 aliphatic rings. The zero-order valence-corrected chi connectivity index (χ0v) is 14.9. The first-order chi connectivity index (χ1) is 11.5. The van der Waals surface area contributed by atoms with Crippen LogP contribution >= 0.6 is 0 Å². The molecule has 2 aromatic rings. The van der Waals surface area contributed by atoms with Gasteiger partial charge >= 0.3 is 0 Å². The second-order valence-corrected chi connectivity index (χ2v) is 8.66. The monoisotopic (exact) mass is 325 g/mol. The van der Waals surface area contributed by atoms with Crippen LogP contribution in [0.4, 0.5) is 0 Å². The molecule has 0 spiro atoms. The van der Waals surface area contributed by atoms with Gasteiger partial charge in [0, 0.05) is 18.1 Å². The average Bonchev–Trinajstić information content (AvgIpc) is 3.18. The number of imidazole rings is 1. The number of piperidine rings is 1. The molecular weight excluding hydrogens is 298 g/mol. The first kappa shape index (κ1) is 14.9. The number of hydrogen-bond acceptors (Lipinski definition) is 3. The lowest BCUT2D eigenvalue weighted by molar-refractivity contribution is 0.0561. The van der Waals surface area contributed by atoms with Gasteiger partial charge < -0.3 is 15.0 Å². The van der Waals surface area contributed by atoms with Gasteiger partial charge in [0.1, 0.15) is 11.9 Å². The molecular formula is C20H27N3O. The predicted molar refractivity (Wildman–Crippen MR) is 95.3 cm³/mol. The molecule has 128 valence electrons. The summed E-state index contributed by atoms with van der Waals surface area (Å²) in [5, 5.41) is 3.76. The lowest BCUT2D eigenvalue weighted by Crippen LogP contribution is -2.62. The summed E-state index contributed by atoms with van der Waals surface area (Å²) in [6, 6.07) is 5.27. The fraction of sp³-hybridized carbons (Fsp3) is 0.650. The molecule has 0 amide bonds. The van der Waals surface area contributed by atoms with Gasteiger partial charge in [0.2, 0.25) is 0 Å². The van der Waals surface area contributed by atoms with E-state index in [0.717, 1.165) is 43.8 Å². The number of fused-ring (bicyclic) bond motifs is 5. The molecule has 1 aromatic heterocycles. The van der Waals surface area contributed by atoms with Gasteiger partial charge in [0.05, 0.1) is 11.0 Å². The van der Waals surface area contributed by atoms with Crippen LogP contribution in [-0.4, -0.2) is 29.2 Å². The summed E-state index contributed by atoms with van der Waals surface area (Å²) in [6.45, 7) is 9.29. The molecule has 2 N–H and O–H groups in total. The Morgan fingerprint density at radius 3 is 2.92 bits per heavy atom. The number of hydrogen-bond donors (Lipinski definition) is 2. The number of benzene rings is 1. The SMILES string of the molecule is CC1(C)[C@@H]2Cc3cc4[nH]c(C5CCCO5)nc4cc3[C@]1(C)CCN2. The molecule has 2 bridgehead atoms. The first-order valence-electron chi connectivity index (χ1n) is 9.37. The molecule has 3 atom stereocenters. The Morgan fingerprint density at radius 1 is 1.25 bits per heavy atom. The average molecular weight is 325 g/mol. The van der Waals surface area contributed by atoms with E-state index in [0.29, 0.717) is 6.04 Å². The molecule has 4 heteroatoms. The van der Waals surface area contributed by atoms with Crippen molar-refractivity contribution >= 4 is 11.0 Å². The maximum Gasteiger partial charge on any atom is 0.136 e. The van der Waals surface area contributed by atoms with Crippen LogP contribution in [0, 0.1) is 5.41 Å². The largest absolute Gasteiger partial charge is 0.370 e. The molecule has 4 nitrogen and oxygen atoms in total. The second kappa shape index (κ2) is 4.83. The van der Waals surface area contributed by atoms with Crippen LogP contribution in [0.15, 0.2) is 12.1 Å². The van der Waals surface area contributed by atoms with Gasteiger partial charge in [-0.2, -0.15) is 0 Å². The number of nitrogens with zero attached hydrogens (tertiary/aromatic N) is 1. The number of H-pyrrole nitrogens is 1. The number of aromatic amines is 1. The zero-order valence-electron chi connectivity index (χ0n) is 14.9. The van der Waals surface area contributed by atoms with Crippen LogP contribution in [-0.2, 0) is 16.6 Å². The normalized spacial score (nSPS) is 34.5. The number of aromatic nitrogens is 2. The third-order valence-corrected chi connectivity index (χ3v) is 7.29. The number of rotatable bonds is 1. The third kappa shape index (κ3) is 1.84. The van der Waals surface area contributed by atoms with E-state index >= 15 is 0 Å². The summed E-state index contributed by atoms with van der Waals surface area (Å²) in [4.78, 5) is 8.42. The van der Waals surface area contributed by atoms with E-state index in [9.17, 15) is 0 Å². The van der Waals surface area contributed by atoms with Crippen molar-refractivity contribution in [3.05, 3.63) is 29.1 Å². The van der Waals surface area contributed by atoms with Crippen molar-refractivity contribution in [2.75, 3.05) is 13.2 Å².